The summed E-state index contributed by atoms with van der Waals surface area (Å²) in [6.07, 6.45) is -4.47. The Morgan fingerprint density at radius 3 is 2.40 bits per heavy atom. The molecular weight excluding hydrogens is 211 g/mol. The summed E-state index contributed by atoms with van der Waals surface area (Å²) in [5.41, 5.74) is 0. The van der Waals surface area contributed by atoms with Crippen LogP contribution in [0.1, 0.15) is 25.7 Å². The minimum Gasteiger partial charge on any atom is -0.392 e. The quantitative estimate of drug-likeness (QED) is 0.668. The zero-order valence-electron chi connectivity index (χ0n) is 8.30. The van der Waals surface area contributed by atoms with Gasteiger partial charge < -0.3 is 15.5 Å². The van der Waals surface area contributed by atoms with Crippen molar-refractivity contribution in [3.63, 3.8) is 0 Å². The van der Waals surface area contributed by atoms with Gasteiger partial charge in [0.25, 0.3) is 0 Å². The van der Waals surface area contributed by atoms with Crippen molar-refractivity contribution in [3.8, 4) is 0 Å². The van der Waals surface area contributed by atoms with Crippen LogP contribution in [0, 0.1) is 0 Å². The van der Waals surface area contributed by atoms with Gasteiger partial charge in [0.1, 0.15) is 0 Å². The van der Waals surface area contributed by atoms with E-state index in [0.717, 1.165) is 12.8 Å². The lowest BCUT2D eigenvalue weighted by molar-refractivity contribution is -0.202. The number of halogens is 3. The summed E-state index contributed by atoms with van der Waals surface area (Å²) in [5, 5.41) is 20.8. The molecule has 0 aromatic carbocycles. The molecule has 0 heterocycles. The predicted octanol–water partition coefficient (Wildman–Crippen LogP) is 0.803. The Balaban J connectivity index is 2.29. The topological polar surface area (TPSA) is 52.5 Å². The maximum Gasteiger partial charge on any atom is 0.415 e. The van der Waals surface area contributed by atoms with E-state index in [2.05, 4.69) is 5.32 Å². The third kappa shape index (κ3) is 3.96. The van der Waals surface area contributed by atoms with E-state index in [-0.39, 0.29) is 6.04 Å². The number of aliphatic hydroxyl groups is 2. The first-order chi connectivity index (χ1) is 6.91. The van der Waals surface area contributed by atoms with Crippen LogP contribution in [-0.4, -0.2) is 41.2 Å². The van der Waals surface area contributed by atoms with Crippen molar-refractivity contribution >= 4 is 0 Å². The molecule has 3 atom stereocenters. The lowest BCUT2D eigenvalue weighted by Gasteiger charge is -2.29. The summed E-state index contributed by atoms with van der Waals surface area (Å²) in [6, 6.07) is -0.323. The van der Waals surface area contributed by atoms with Crippen molar-refractivity contribution in [2.75, 3.05) is 6.54 Å². The van der Waals surface area contributed by atoms with E-state index < -0.39 is 24.9 Å². The summed E-state index contributed by atoms with van der Waals surface area (Å²) in [5.74, 6) is 0. The molecule has 1 aliphatic carbocycles. The molecule has 90 valence electrons. The zero-order chi connectivity index (χ0) is 11.5. The van der Waals surface area contributed by atoms with E-state index in [1.807, 2.05) is 0 Å². The Morgan fingerprint density at radius 2 is 1.87 bits per heavy atom. The van der Waals surface area contributed by atoms with Gasteiger partial charge in [0.05, 0.1) is 6.10 Å². The maximum absolute atomic E-state index is 11.9. The van der Waals surface area contributed by atoms with Gasteiger partial charge in [-0.3, -0.25) is 0 Å². The van der Waals surface area contributed by atoms with Crippen LogP contribution in [0.25, 0.3) is 0 Å². The van der Waals surface area contributed by atoms with E-state index in [9.17, 15) is 18.3 Å². The van der Waals surface area contributed by atoms with Gasteiger partial charge in [0.2, 0.25) is 0 Å². The fourth-order valence-electron chi connectivity index (χ4n) is 1.73. The van der Waals surface area contributed by atoms with Crippen LogP contribution in [0.15, 0.2) is 0 Å². The van der Waals surface area contributed by atoms with Gasteiger partial charge in [0.15, 0.2) is 6.10 Å². The van der Waals surface area contributed by atoms with Crippen LogP contribution >= 0.6 is 0 Å². The second-order valence-electron chi connectivity index (χ2n) is 3.92. The molecule has 0 radical (unpaired) electrons. The Bertz CT molecular complexity index is 198. The van der Waals surface area contributed by atoms with Crippen LogP contribution < -0.4 is 5.32 Å². The number of hydrogen-bond acceptors (Lipinski definition) is 3. The smallest absolute Gasteiger partial charge is 0.392 e. The summed E-state index contributed by atoms with van der Waals surface area (Å²) in [6.45, 7) is -0.550. The summed E-state index contributed by atoms with van der Waals surface area (Å²) >= 11 is 0. The predicted molar refractivity (Wildman–Crippen MR) is 48.3 cm³/mol. The standard InChI is InChI=1S/C9H16F3NO2/c10-9(11,12)8(15)5-13-6-3-1-2-4-7(6)14/h6-8,13-15H,1-5H2/t6-,7-,8?/m0/s1. The lowest BCUT2D eigenvalue weighted by atomic mass is 9.92. The fraction of sp³-hybridized carbons (Fsp3) is 1.00. The Labute approximate surface area is 86.3 Å². The van der Waals surface area contributed by atoms with Gasteiger partial charge in [-0.05, 0) is 12.8 Å². The molecule has 0 aromatic heterocycles. The van der Waals surface area contributed by atoms with E-state index >= 15 is 0 Å². The Kier molecular flexibility index (Phi) is 4.36. The minimum atomic E-state index is -4.59. The summed E-state index contributed by atoms with van der Waals surface area (Å²) < 4.78 is 35.8. The van der Waals surface area contributed by atoms with E-state index in [4.69, 9.17) is 5.11 Å². The molecule has 1 fully saturated rings. The molecule has 0 saturated heterocycles. The molecule has 0 bridgehead atoms. The molecule has 1 aliphatic rings. The normalized spacial score (nSPS) is 30.2. The van der Waals surface area contributed by atoms with Crippen LogP contribution in [0.5, 0.6) is 0 Å². The molecule has 1 rings (SSSR count). The summed E-state index contributed by atoms with van der Waals surface area (Å²) in [4.78, 5) is 0. The van der Waals surface area contributed by atoms with Gasteiger partial charge in [-0.1, -0.05) is 12.8 Å². The average molecular weight is 227 g/mol. The molecule has 0 aromatic rings. The molecule has 0 spiro atoms. The van der Waals surface area contributed by atoms with Crippen LogP contribution in [-0.2, 0) is 0 Å². The monoisotopic (exact) mass is 227 g/mol. The van der Waals surface area contributed by atoms with Crippen molar-refractivity contribution < 1.29 is 23.4 Å². The van der Waals surface area contributed by atoms with Crippen LogP contribution in [0.2, 0.25) is 0 Å². The number of aliphatic hydroxyl groups excluding tert-OH is 2. The van der Waals surface area contributed by atoms with E-state index in [1.165, 1.54) is 0 Å². The van der Waals surface area contributed by atoms with E-state index in [1.54, 1.807) is 0 Å². The minimum absolute atomic E-state index is 0.323. The second kappa shape index (κ2) is 5.14. The third-order valence-corrected chi connectivity index (χ3v) is 2.68. The van der Waals surface area contributed by atoms with Gasteiger partial charge in [0, 0.05) is 12.6 Å². The molecule has 0 aliphatic heterocycles. The second-order valence-corrected chi connectivity index (χ2v) is 3.92. The largest absolute Gasteiger partial charge is 0.415 e. The molecular formula is C9H16F3NO2. The molecule has 0 amide bonds. The highest BCUT2D eigenvalue weighted by molar-refractivity contribution is 4.82. The summed E-state index contributed by atoms with van der Waals surface area (Å²) in [7, 11) is 0. The first kappa shape index (κ1) is 12.7. The number of rotatable bonds is 3. The molecule has 3 nitrogen and oxygen atoms in total. The molecule has 1 unspecified atom stereocenters. The molecule has 15 heavy (non-hydrogen) atoms. The van der Waals surface area contributed by atoms with Crippen molar-refractivity contribution in [1.29, 1.82) is 0 Å². The average Bonchev–Trinajstić information content (AvgIpc) is 2.14. The number of hydrogen-bond donors (Lipinski definition) is 3. The van der Waals surface area contributed by atoms with Gasteiger partial charge in [-0.2, -0.15) is 13.2 Å². The molecule has 1 saturated carbocycles. The fourth-order valence-corrected chi connectivity index (χ4v) is 1.73. The van der Waals surface area contributed by atoms with E-state index in [0.29, 0.717) is 12.8 Å². The first-order valence-corrected chi connectivity index (χ1v) is 5.07. The molecule has 6 heteroatoms. The van der Waals surface area contributed by atoms with Crippen molar-refractivity contribution in [2.45, 2.75) is 50.1 Å². The Hall–Kier alpha value is -0.330. The third-order valence-electron chi connectivity index (χ3n) is 2.68. The maximum atomic E-state index is 11.9. The highest BCUT2D eigenvalue weighted by atomic mass is 19.4. The van der Waals surface area contributed by atoms with Gasteiger partial charge in [-0.25, -0.2) is 0 Å². The van der Waals surface area contributed by atoms with Gasteiger partial charge >= 0.3 is 6.18 Å². The number of nitrogens with one attached hydrogen (secondary N) is 1. The van der Waals surface area contributed by atoms with Crippen molar-refractivity contribution in [3.05, 3.63) is 0 Å². The SMILES string of the molecule is OC(CN[C@H]1CCCC[C@@H]1O)C(F)(F)F. The van der Waals surface area contributed by atoms with Gasteiger partial charge in [-0.15, -0.1) is 0 Å². The molecule has 3 N–H and O–H groups in total. The van der Waals surface area contributed by atoms with Crippen LogP contribution in [0.4, 0.5) is 13.2 Å². The lowest BCUT2D eigenvalue weighted by Crippen LogP contribution is -2.48. The highest BCUT2D eigenvalue weighted by Gasteiger charge is 2.38. The highest BCUT2D eigenvalue weighted by Crippen LogP contribution is 2.21. The van der Waals surface area contributed by atoms with Crippen molar-refractivity contribution in [1.82, 2.24) is 5.32 Å². The first-order valence-electron chi connectivity index (χ1n) is 5.07. The Morgan fingerprint density at radius 1 is 1.27 bits per heavy atom. The van der Waals surface area contributed by atoms with Crippen molar-refractivity contribution in [2.24, 2.45) is 0 Å². The van der Waals surface area contributed by atoms with Crippen LogP contribution in [0.3, 0.4) is 0 Å². The number of alkyl halides is 3. The zero-order valence-corrected chi connectivity index (χ0v) is 8.30.